The SMILES string of the molecule is CC1=CC(C)(C)Nc2c(C(=O)N3CCN(C)CC3)cc(C)cc21. The number of benzene rings is 1. The van der Waals surface area contributed by atoms with E-state index >= 15 is 0 Å². The molecule has 4 nitrogen and oxygen atoms in total. The van der Waals surface area contributed by atoms with Crippen molar-refractivity contribution in [2.24, 2.45) is 0 Å². The minimum Gasteiger partial charge on any atom is -0.376 e. The number of carbonyl (C=O) groups is 1. The Kier molecular flexibility index (Phi) is 3.96. The molecule has 2 heterocycles. The number of allylic oxidation sites excluding steroid dienone is 1. The smallest absolute Gasteiger partial charge is 0.256 e. The minimum absolute atomic E-state index is 0.135. The van der Waals surface area contributed by atoms with Gasteiger partial charge < -0.3 is 15.1 Å². The number of fused-ring (bicyclic) bond motifs is 1. The van der Waals surface area contributed by atoms with Crippen LogP contribution in [0, 0.1) is 6.92 Å². The topological polar surface area (TPSA) is 35.6 Å². The molecule has 4 heteroatoms. The molecule has 0 bridgehead atoms. The molecule has 1 N–H and O–H groups in total. The number of likely N-dealkylation sites (N-methyl/N-ethyl adjacent to an activating group) is 1. The number of nitrogens with one attached hydrogen (secondary N) is 1. The molecule has 0 aliphatic carbocycles. The summed E-state index contributed by atoms with van der Waals surface area (Å²) in [6.07, 6.45) is 2.24. The first-order chi connectivity index (χ1) is 10.8. The van der Waals surface area contributed by atoms with Gasteiger partial charge in [-0.1, -0.05) is 6.08 Å². The number of rotatable bonds is 1. The van der Waals surface area contributed by atoms with Crippen LogP contribution in [-0.4, -0.2) is 54.5 Å². The van der Waals surface area contributed by atoms with E-state index in [1.165, 1.54) is 5.57 Å². The molecule has 23 heavy (non-hydrogen) atoms. The highest BCUT2D eigenvalue weighted by atomic mass is 16.2. The highest BCUT2D eigenvalue weighted by Gasteiger charge is 2.29. The van der Waals surface area contributed by atoms with Gasteiger partial charge in [-0.05, 0) is 58.0 Å². The molecular weight excluding hydrogens is 286 g/mol. The summed E-state index contributed by atoms with van der Waals surface area (Å²) < 4.78 is 0. The van der Waals surface area contributed by atoms with E-state index in [2.05, 4.69) is 57.1 Å². The molecule has 124 valence electrons. The first-order valence-corrected chi connectivity index (χ1v) is 8.37. The van der Waals surface area contributed by atoms with E-state index in [4.69, 9.17) is 0 Å². The van der Waals surface area contributed by atoms with E-state index < -0.39 is 0 Å². The van der Waals surface area contributed by atoms with Gasteiger partial charge in [0, 0.05) is 31.7 Å². The number of anilines is 1. The van der Waals surface area contributed by atoms with Crippen LogP contribution >= 0.6 is 0 Å². The van der Waals surface area contributed by atoms with E-state index in [1.807, 2.05) is 11.0 Å². The van der Waals surface area contributed by atoms with E-state index in [1.54, 1.807) is 0 Å². The van der Waals surface area contributed by atoms with Crippen molar-refractivity contribution < 1.29 is 4.79 Å². The quantitative estimate of drug-likeness (QED) is 0.866. The summed E-state index contributed by atoms with van der Waals surface area (Å²) in [5.74, 6) is 0.149. The highest BCUT2D eigenvalue weighted by molar-refractivity contribution is 6.03. The number of carbonyl (C=O) groups excluding carboxylic acids is 1. The molecule has 1 aromatic rings. The third-order valence-electron chi connectivity index (χ3n) is 4.75. The third kappa shape index (κ3) is 3.13. The van der Waals surface area contributed by atoms with Crippen molar-refractivity contribution in [2.45, 2.75) is 33.2 Å². The number of hydrogen-bond acceptors (Lipinski definition) is 3. The molecule has 1 amide bonds. The molecule has 0 radical (unpaired) electrons. The molecule has 3 rings (SSSR count). The zero-order valence-electron chi connectivity index (χ0n) is 14.9. The molecule has 0 saturated carbocycles. The van der Waals surface area contributed by atoms with Gasteiger partial charge in [0.1, 0.15) is 0 Å². The Balaban J connectivity index is 2.01. The van der Waals surface area contributed by atoms with Crippen molar-refractivity contribution in [1.82, 2.24) is 9.80 Å². The molecule has 0 atom stereocenters. The Morgan fingerprint density at radius 1 is 1.13 bits per heavy atom. The first-order valence-electron chi connectivity index (χ1n) is 8.37. The lowest BCUT2D eigenvalue weighted by Crippen LogP contribution is -2.47. The van der Waals surface area contributed by atoms with Crippen molar-refractivity contribution in [3.8, 4) is 0 Å². The van der Waals surface area contributed by atoms with Gasteiger partial charge in [-0.25, -0.2) is 0 Å². The Hall–Kier alpha value is -1.81. The first kappa shape index (κ1) is 16.1. The second-order valence-corrected chi connectivity index (χ2v) is 7.50. The average molecular weight is 313 g/mol. The third-order valence-corrected chi connectivity index (χ3v) is 4.75. The summed E-state index contributed by atoms with van der Waals surface area (Å²) in [5, 5.41) is 3.56. The maximum absolute atomic E-state index is 13.1. The average Bonchev–Trinajstić information content (AvgIpc) is 2.47. The zero-order chi connectivity index (χ0) is 16.8. The van der Waals surface area contributed by atoms with Crippen LogP contribution in [0.3, 0.4) is 0 Å². The Labute approximate surface area is 139 Å². The van der Waals surface area contributed by atoms with Gasteiger partial charge in [0.15, 0.2) is 0 Å². The van der Waals surface area contributed by atoms with Gasteiger partial charge in [0.2, 0.25) is 0 Å². The molecule has 2 aliphatic rings. The van der Waals surface area contributed by atoms with Crippen LogP contribution in [0.2, 0.25) is 0 Å². The Morgan fingerprint density at radius 2 is 1.78 bits per heavy atom. The number of aryl methyl sites for hydroxylation is 1. The van der Waals surface area contributed by atoms with E-state index in [0.29, 0.717) is 0 Å². The molecule has 2 aliphatic heterocycles. The van der Waals surface area contributed by atoms with E-state index in [0.717, 1.165) is 48.6 Å². The minimum atomic E-state index is -0.135. The van der Waals surface area contributed by atoms with Crippen molar-refractivity contribution in [2.75, 3.05) is 38.5 Å². The number of piperazine rings is 1. The predicted octanol–water partition coefficient (Wildman–Crippen LogP) is 2.99. The normalized spacial score (nSPS) is 20.6. The molecule has 1 fully saturated rings. The van der Waals surface area contributed by atoms with Crippen LogP contribution in [0.1, 0.15) is 42.3 Å². The summed E-state index contributed by atoms with van der Waals surface area (Å²) in [4.78, 5) is 17.3. The molecule has 0 spiro atoms. The molecule has 1 aromatic carbocycles. The number of amides is 1. The standard InChI is InChI=1S/C19H27N3O/c1-13-10-15-14(2)12-19(3,4)20-17(15)16(11-13)18(23)22-8-6-21(5)7-9-22/h10-12,20H,6-9H2,1-5H3. The molecule has 1 saturated heterocycles. The van der Waals surface area contributed by atoms with Gasteiger partial charge in [0.25, 0.3) is 5.91 Å². The van der Waals surface area contributed by atoms with Crippen molar-refractivity contribution in [3.63, 3.8) is 0 Å². The number of hydrogen-bond donors (Lipinski definition) is 1. The molecule has 0 unspecified atom stereocenters. The highest BCUT2D eigenvalue weighted by Crippen LogP contribution is 2.37. The van der Waals surface area contributed by atoms with Crippen LogP contribution in [0.15, 0.2) is 18.2 Å². The fourth-order valence-electron chi connectivity index (χ4n) is 3.56. The Bertz CT molecular complexity index is 667. The maximum Gasteiger partial charge on any atom is 0.256 e. The van der Waals surface area contributed by atoms with Crippen molar-refractivity contribution >= 4 is 17.2 Å². The van der Waals surface area contributed by atoms with E-state index in [9.17, 15) is 4.79 Å². The van der Waals surface area contributed by atoms with Gasteiger partial charge in [-0.2, -0.15) is 0 Å². The fourth-order valence-corrected chi connectivity index (χ4v) is 3.56. The van der Waals surface area contributed by atoms with Crippen LogP contribution in [0.4, 0.5) is 5.69 Å². The zero-order valence-corrected chi connectivity index (χ0v) is 14.9. The summed E-state index contributed by atoms with van der Waals surface area (Å²) >= 11 is 0. The van der Waals surface area contributed by atoms with Crippen LogP contribution < -0.4 is 5.32 Å². The molecular formula is C19H27N3O. The van der Waals surface area contributed by atoms with Gasteiger partial charge in [-0.3, -0.25) is 4.79 Å². The lowest BCUT2D eigenvalue weighted by molar-refractivity contribution is 0.0665. The Morgan fingerprint density at radius 3 is 2.43 bits per heavy atom. The monoisotopic (exact) mass is 313 g/mol. The fraction of sp³-hybridized carbons (Fsp3) is 0.526. The number of nitrogens with zero attached hydrogens (tertiary/aromatic N) is 2. The van der Waals surface area contributed by atoms with Crippen LogP contribution in [0.5, 0.6) is 0 Å². The second-order valence-electron chi connectivity index (χ2n) is 7.50. The maximum atomic E-state index is 13.1. The second kappa shape index (κ2) is 5.68. The largest absolute Gasteiger partial charge is 0.376 e. The molecule has 0 aromatic heterocycles. The van der Waals surface area contributed by atoms with Crippen LogP contribution in [-0.2, 0) is 0 Å². The van der Waals surface area contributed by atoms with Crippen molar-refractivity contribution in [1.29, 1.82) is 0 Å². The van der Waals surface area contributed by atoms with Crippen LogP contribution in [0.25, 0.3) is 5.57 Å². The van der Waals surface area contributed by atoms with Gasteiger partial charge in [-0.15, -0.1) is 0 Å². The van der Waals surface area contributed by atoms with E-state index in [-0.39, 0.29) is 11.4 Å². The predicted molar refractivity (Wildman–Crippen MR) is 95.9 cm³/mol. The van der Waals surface area contributed by atoms with Gasteiger partial charge in [0.05, 0.1) is 16.8 Å². The summed E-state index contributed by atoms with van der Waals surface area (Å²) in [5.41, 5.74) is 5.19. The summed E-state index contributed by atoms with van der Waals surface area (Å²) in [6, 6.07) is 4.20. The summed E-state index contributed by atoms with van der Waals surface area (Å²) in [7, 11) is 2.11. The summed E-state index contributed by atoms with van der Waals surface area (Å²) in [6.45, 7) is 12.0. The lowest BCUT2D eigenvalue weighted by Gasteiger charge is -2.36. The van der Waals surface area contributed by atoms with Crippen molar-refractivity contribution in [3.05, 3.63) is 34.9 Å². The lowest BCUT2D eigenvalue weighted by atomic mass is 9.88. The van der Waals surface area contributed by atoms with Gasteiger partial charge >= 0.3 is 0 Å².